The molecule has 0 aliphatic carbocycles. The van der Waals surface area contributed by atoms with E-state index in [0.29, 0.717) is 24.5 Å². The molecule has 1 atom stereocenters. The molecule has 1 N–H and O–H groups in total. The Morgan fingerprint density at radius 2 is 1.77 bits per heavy atom. The van der Waals surface area contributed by atoms with Crippen molar-refractivity contribution in [1.29, 1.82) is 0 Å². The summed E-state index contributed by atoms with van der Waals surface area (Å²) in [7, 11) is 0. The molecular weight excluding hydrogens is 376 g/mol. The van der Waals surface area contributed by atoms with E-state index < -0.39 is 0 Å². The lowest BCUT2D eigenvalue weighted by Gasteiger charge is -2.31. The van der Waals surface area contributed by atoms with E-state index in [0.717, 1.165) is 24.0 Å². The SMILES string of the molecule is O=C(Nc1cccc(C#Cc2ccccc2)c1)[C@@H]1CCCN(C(=O)c2ccco2)C1. The second kappa shape index (κ2) is 9.15. The van der Waals surface area contributed by atoms with Crippen LogP contribution in [0.3, 0.4) is 0 Å². The van der Waals surface area contributed by atoms with Crippen molar-refractivity contribution in [2.24, 2.45) is 5.92 Å². The van der Waals surface area contributed by atoms with Crippen LogP contribution in [0.4, 0.5) is 5.69 Å². The molecule has 2 aromatic carbocycles. The Labute approximate surface area is 175 Å². The average Bonchev–Trinajstić information content (AvgIpc) is 3.33. The normalized spacial score (nSPS) is 15.7. The standard InChI is InChI=1S/C25H22N2O3/c28-24(21-10-5-15-27(18-21)25(29)23-12-6-16-30-23)26-22-11-4-9-20(17-22)14-13-19-7-2-1-3-8-19/h1-4,6-9,11-12,16-17,21H,5,10,15,18H2,(H,26,28)/t21-/m1/s1. The van der Waals surface area contributed by atoms with E-state index in [1.807, 2.05) is 54.6 Å². The zero-order valence-corrected chi connectivity index (χ0v) is 16.5. The van der Waals surface area contributed by atoms with E-state index in [1.165, 1.54) is 6.26 Å². The fourth-order valence-corrected chi connectivity index (χ4v) is 3.52. The Morgan fingerprint density at radius 3 is 2.57 bits per heavy atom. The highest BCUT2D eigenvalue weighted by atomic mass is 16.3. The molecule has 1 fully saturated rings. The van der Waals surface area contributed by atoms with Gasteiger partial charge in [-0.15, -0.1) is 0 Å². The van der Waals surface area contributed by atoms with Crippen LogP contribution in [0.1, 0.15) is 34.5 Å². The number of anilines is 1. The molecule has 1 aliphatic rings. The van der Waals surface area contributed by atoms with Crippen LogP contribution in [0.2, 0.25) is 0 Å². The third-order valence-electron chi connectivity index (χ3n) is 5.07. The quantitative estimate of drug-likeness (QED) is 0.674. The van der Waals surface area contributed by atoms with Crippen LogP contribution in [0.25, 0.3) is 0 Å². The largest absolute Gasteiger partial charge is 0.459 e. The minimum absolute atomic E-state index is 0.0832. The van der Waals surface area contributed by atoms with Crippen LogP contribution in [0.15, 0.2) is 77.4 Å². The molecule has 2 amide bonds. The van der Waals surface area contributed by atoms with Crippen LogP contribution >= 0.6 is 0 Å². The van der Waals surface area contributed by atoms with Crippen molar-refractivity contribution in [1.82, 2.24) is 4.90 Å². The fourth-order valence-electron chi connectivity index (χ4n) is 3.52. The van der Waals surface area contributed by atoms with Gasteiger partial charge in [-0.2, -0.15) is 0 Å². The number of hydrogen-bond acceptors (Lipinski definition) is 3. The van der Waals surface area contributed by atoms with E-state index in [4.69, 9.17) is 4.42 Å². The van der Waals surface area contributed by atoms with Crippen molar-refractivity contribution < 1.29 is 14.0 Å². The molecular formula is C25H22N2O3. The number of nitrogens with one attached hydrogen (secondary N) is 1. The monoisotopic (exact) mass is 398 g/mol. The first kappa shape index (κ1) is 19.5. The first-order chi connectivity index (χ1) is 14.7. The van der Waals surface area contributed by atoms with Gasteiger partial charge in [-0.05, 0) is 55.3 Å². The average molecular weight is 398 g/mol. The summed E-state index contributed by atoms with van der Waals surface area (Å²) >= 11 is 0. The fraction of sp³-hybridized carbons (Fsp3) is 0.200. The Kier molecular flexibility index (Phi) is 5.95. The summed E-state index contributed by atoms with van der Waals surface area (Å²) in [6.07, 6.45) is 3.02. The molecule has 5 nitrogen and oxygen atoms in total. The molecule has 2 heterocycles. The molecule has 0 unspecified atom stereocenters. The molecule has 5 heteroatoms. The highest BCUT2D eigenvalue weighted by Crippen LogP contribution is 2.21. The number of likely N-dealkylation sites (tertiary alicyclic amines) is 1. The molecule has 30 heavy (non-hydrogen) atoms. The molecule has 1 aromatic heterocycles. The van der Waals surface area contributed by atoms with Gasteiger partial charge in [0.05, 0.1) is 12.2 Å². The van der Waals surface area contributed by atoms with Gasteiger partial charge in [-0.25, -0.2) is 0 Å². The van der Waals surface area contributed by atoms with Crippen molar-refractivity contribution in [3.05, 3.63) is 89.9 Å². The Hall–Kier alpha value is -3.78. The highest BCUT2D eigenvalue weighted by molar-refractivity contribution is 5.95. The Bertz CT molecular complexity index is 1080. The number of piperidine rings is 1. The van der Waals surface area contributed by atoms with Gasteiger partial charge in [-0.3, -0.25) is 9.59 Å². The topological polar surface area (TPSA) is 62.6 Å². The predicted molar refractivity (Wildman–Crippen MR) is 115 cm³/mol. The Balaban J connectivity index is 1.40. The molecule has 1 saturated heterocycles. The lowest BCUT2D eigenvalue weighted by molar-refractivity contribution is -0.121. The maximum absolute atomic E-state index is 12.8. The molecule has 4 rings (SSSR count). The maximum atomic E-state index is 12.8. The van der Waals surface area contributed by atoms with Crippen LogP contribution in [-0.2, 0) is 4.79 Å². The summed E-state index contributed by atoms with van der Waals surface area (Å²) in [5, 5.41) is 2.98. The van der Waals surface area contributed by atoms with E-state index in [9.17, 15) is 9.59 Å². The van der Waals surface area contributed by atoms with E-state index in [-0.39, 0.29) is 17.7 Å². The van der Waals surface area contributed by atoms with Gasteiger partial charge in [0, 0.05) is 29.9 Å². The third-order valence-corrected chi connectivity index (χ3v) is 5.07. The number of carbonyl (C=O) groups excluding carboxylic acids is 2. The minimum atomic E-state index is -0.253. The predicted octanol–water partition coefficient (Wildman–Crippen LogP) is 4.17. The van der Waals surface area contributed by atoms with Gasteiger partial charge in [0.2, 0.25) is 5.91 Å². The van der Waals surface area contributed by atoms with Crippen molar-refractivity contribution in [2.75, 3.05) is 18.4 Å². The summed E-state index contributed by atoms with van der Waals surface area (Å²) in [4.78, 5) is 27.0. The number of carbonyl (C=O) groups is 2. The summed E-state index contributed by atoms with van der Waals surface area (Å²) < 4.78 is 5.20. The van der Waals surface area contributed by atoms with Crippen molar-refractivity contribution >= 4 is 17.5 Å². The molecule has 0 radical (unpaired) electrons. The van der Waals surface area contributed by atoms with Crippen molar-refractivity contribution in [2.45, 2.75) is 12.8 Å². The lowest BCUT2D eigenvalue weighted by Crippen LogP contribution is -2.43. The second-order valence-electron chi connectivity index (χ2n) is 7.25. The van der Waals surface area contributed by atoms with Gasteiger partial charge in [-0.1, -0.05) is 36.1 Å². The summed E-state index contributed by atoms with van der Waals surface area (Å²) in [6, 6.07) is 20.6. The number of hydrogen-bond donors (Lipinski definition) is 1. The van der Waals surface area contributed by atoms with Crippen molar-refractivity contribution in [3.63, 3.8) is 0 Å². The summed E-state index contributed by atoms with van der Waals surface area (Å²) in [5.74, 6) is 6.05. The first-order valence-corrected chi connectivity index (χ1v) is 10.00. The van der Waals surface area contributed by atoms with Gasteiger partial charge < -0.3 is 14.6 Å². The smallest absolute Gasteiger partial charge is 0.289 e. The number of amides is 2. The summed E-state index contributed by atoms with van der Waals surface area (Å²) in [5.41, 5.74) is 2.47. The maximum Gasteiger partial charge on any atom is 0.289 e. The van der Waals surface area contributed by atoms with Gasteiger partial charge in [0.1, 0.15) is 0 Å². The van der Waals surface area contributed by atoms with Gasteiger partial charge in [0.15, 0.2) is 5.76 Å². The third kappa shape index (κ3) is 4.79. The van der Waals surface area contributed by atoms with Crippen LogP contribution in [0, 0.1) is 17.8 Å². The molecule has 0 saturated carbocycles. The van der Waals surface area contributed by atoms with Crippen LogP contribution < -0.4 is 5.32 Å². The number of nitrogens with zero attached hydrogens (tertiary/aromatic N) is 1. The van der Waals surface area contributed by atoms with E-state index in [2.05, 4.69) is 17.2 Å². The summed E-state index contributed by atoms with van der Waals surface area (Å²) in [6.45, 7) is 1.02. The molecule has 0 spiro atoms. The molecule has 3 aromatic rings. The zero-order valence-electron chi connectivity index (χ0n) is 16.5. The number of rotatable bonds is 3. The minimum Gasteiger partial charge on any atom is -0.459 e. The van der Waals surface area contributed by atoms with Gasteiger partial charge in [0.25, 0.3) is 5.91 Å². The van der Waals surface area contributed by atoms with Crippen LogP contribution in [-0.4, -0.2) is 29.8 Å². The molecule has 1 aliphatic heterocycles. The lowest BCUT2D eigenvalue weighted by atomic mass is 9.96. The number of benzene rings is 2. The van der Waals surface area contributed by atoms with Crippen molar-refractivity contribution in [3.8, 4) is 11.8 Å². The number of furan rings is 1. The van der Waals surface area contributed by atoms with E-state index in [1.54, 1.807) is 17.0 Å². The molecule has 0 bridgehead atoms. The Morgan fingerprint density at radius 1 is 0.967 bits per heavy atom. The second-order valence-corrected chi connectivity index (χ2v) is 7.25. The molecule has 150 valence electrons. The van der Waals surface area contributed by atoms with E-state index >= 15 is 0 Å². The first-order valence-electron chi connectivity index (χ1n) is 10.00. The van der Waals surface area contributed by atoms with Gasteiger partial charge >= 0.3 is 0 Å². The zero-order chi connectivity index (χ0) is 20.8. The van der Waals surface area contributed by atoms with Crippen LogP contribution in [0.5, 0.6) is 0 Å². The highest BCUT2D eigenvalue weighted by Gasteiger charge is 2.29.